The van der Waals surface area contributed by atoms with E-state index in [2.05, 4.69) is 18.8 Å². The Morgan fingerprint density at radius 2 is 2.24 bits per heavy atom. The molecule has 0 aliphatic heterocycles. The van der Waals surface area contributed by atoms with E-state index in [0.717, 1.165) is 12.5 Å². The summed E-state index contributed by atoms with van der Waals surface area (Å²) in [5.41, 5.74) is 6.67. The van der Waals surface area contributed by atoms with Crippen molar-refractivity contribution < 1.29 is 4.74 Å². The van der Waals surface area contributed by atoms with Gasteiger partial charge in [0.15, 0.2) is 0 Å². The molecule has 0 unspecified atom stereocenters. The van der Waals surface area contributed by atoms with E-state index in [0.29, 0.717) is 17.0 Å². The van der Waals surface area contributed by atoms with Gasteiger partial charge in [-0.15, -0.1) is 0 Å². The number of ether oxygens (including phenoxy) is 1. The molecule has 17 heavy (non-hydrogen) atoms. The van der Waals surface area contributed by atoms with Gasteiger partial charge in [-0.2, -0.15) is 0 Å². The van der Waals surface area contributed by atoms with Gasteiger partial charge in [-0.3, -0.25) is 0 Å². The second-order valence-corrected chi connectivity index (χ2v) is 5.48. The standard InChI is InChI=1S/C14H22N2O/c1-3-6-14(7-11(2)8-14)10-17-13-5-4-12(15)9-16-13/h4-5,9,11H,3,6-8,10,15H2,1-2H3. The number of nitrogens with two attached hydrogens (primary N) is 1. The molecule has 1 saturated carbocycles. The van der Waals surface area contributed by atoms with Gasteiger partial charge in [-0.1, -0.05) is 20.3 Å². The topological polar surface area (TPSA) is 48.1 Å². The van der Waals surface area contributed by atoms with Crippen LogP contribution in [0.1, 0.15) is 39.5 Å². The Morgan fingerprint density at radius 1 is 1.47 bits per heavy atom. The molecule has 0 atom stereocenters. The summed E-state index contributed by atoms with van der Waals surface area (Å²) in [4.78, 5) is 4.17. The third-order valence-electron chi connectivity index (χ3n) is 3.63. The van der Waals surface area contributed by atoms with E-state index in [1.807, 2.05) is 12.1 Å². The molecule has 2 rings (SSSR count). The zero-order valence-electron chi connectivity index (χ0n) is 10.8. The summed E-state index contributed by atoms with van der Waals surface area (Å²) in [5, 5.41) is 0. The van der Waals surface area contributed by atoms with E-state index >= 15 is 0 Å². The molecule has 1 aliphatic rings. The molecule has 0 radical (unpaired) electrons. The molecule has 0 spiro atoms. The molecule has 0 aromatic carbocycles. The number of nitrogens with zero attached hydrogens (tertiary/aromatic N) is 1. The molecule has 2 N–H and O–H groups in total. The maximum Gasteiger partial charge on any atom is 0.213 e. The molecule has 1 fully saturated rings. The smallest absolute Gasteiger partial charge is 0.213 e. The molecule has 1 aromatic rings. The Bertz CT molecular complexity index is 349. The second kappa shape index (κ2) is 4.94. The lowest BCUT2D eigenvalue weighted by molar-refractivity contribution is 0.00265. The minimum absolute atomic E-state index is 0.400. The zero-order valence-corrected chi connectivity index (χ0v) is 10.8. The summed E-state index contributed by atoms with van der Waals surface area (Å²) < 4.78 is 5.80. The van der Waals surface area contributed by atoms with Crippen LogP contribution in [0.25, 0.3) is 0 Å². The monoisotopic (exact) mass is 234 g/mol. The van der Waals surface area contributed by atoms with Crippen LogP contribution >= 0.6 is 0 Å². The third-order valence-corrected chi connectivity index (χ3v) is 3.63. The molecule has 3 heteroatoms. The molecule has 1 heterocycles. The molecular formula is C14H22N2O. The van der Waals surface area contributed by atoms with Crippen molar-refractivity contribution >= 4 is 5.69 Å². The van der Waals surface area contributed by atoms with Crippen LogP contribution in [0, 0.1) is 11.3 Å². The summed E-state index contributed by atoms with van der Waals surface area (Å²) in [6, 6.07) is 3.68. The minimum Gasteiger partial charge on any atom is -0.477 e. The normalized spacial score (nSPS) is 27.5. The lowest BCUT2D eigenvalue weighted by Crippen LogP contribution is -2.40. The van der Waals surface area contributed by atoms with E-state index < -0.39 is 0 Å². The van der Waals surface area contributed by atoms with Gasteiger partial charge in [0.1, 0.15) is 0 Å². The van der Waals surface area contributed by atoms with Crippen molar-refractivity contribution in [3.05, 3.63) is 18.3 Å². The highest BCUT2D eigenvalue weighted by Gasteiger charge is 2.41. The zero-order chi connectivity index (χ0) is 12.3. The van der Waals surface area contributed by atoms with E-state index in [-0.39, 0.29) is 0 Å². The number of aromatic nitrogens is 1. The Kier molecular flexibility index (Phi) is 3.55. The van der Waals surface area contributed by atoms with E-state index in [4.69, 9.17) is 10.5 Å². The summed E-state index contributed by atoms with van der Waals surface area (Å²) >= 11 is 0. The first-order valence-electron chi connectivity index (χ1n) is 6.48. The molecule has 3 nitrogen and oxygen atoms in total. The summed E-state index contributed by atoms with van der Waals surface area (Å²) in [6.07, 6.45) is 6.70. The first kappa shape index (κ1) is 12.2. The van der Waals surface area contributed by atoms with Crippen LogP contribution in [0.5, 0.6) is 5.88 Å². The van der Waals surface area contributed by atoms with Crippen molar-refractivity contribution in [2.45, 2.75) is 39.5 Å². The second-order valence-electron chi connectivity index (χ2n) is 5.48. The summed E-state index contributed by atoms with van der Waals surface area (Å²) in [6.45, 7) is 5.35. The van der Waals surface area contributed by atoms with Gasteiger partial charge >= 0.3 is 0 Å². The highest BCUT2D eigenvalue weighted by Crippen LogP contribution is 2.48. The molecule has 1 aromatic heterocycles. The summed E-state index contributed by atoms with van der Waals surface area (Å²) in [5.74, 6) is 1.54. The predicted molar refractivity (Wildman–Crippen MR) is 69.9 cm³/mol. The van der Waals surface area contributed by atoms with Crippen LogP contribution in [-0.4, -0.2) is 11.6 Å². The Labute approximate surface area is 103 Å². The average Bonchev–Trinajstić information content (AvgIpc) is 2.27. The molecule has 0 amide bonds. The van der Waals surface area contributed by atoms with E-state index in [1.54, 1.807) is 6.20 Å². The Hall–Kier alpha value is -1.25. The number of hydrogen-bond donors (Lipinski definition) is 1. The number of anilines is 1. The van der Waals surface area contributed by atoms with Gasteiger partial charge in [-0.25, -0.2) is 4.98 Å². The van der Waals surface area contributed by atoms with Crippen molar-refractivity contribution in [2.24, 2.45) is 11.3 Å². The fourth-order valence-corrected chi connectivity index (χ4v) is 3.05. The lowest BCUT2D eigenvalue weighted by atomic mass is 9.61. The number of nitrogen functional groups attached to an aromatic ring is 1. The highest BCUT2D eigenvalue weighted by atomic mass is 16.5. The Balaban J connectivity index is 1.89. The van der Waals surface area contributed by atoms with Crippen LogP contribution in [0.4, 0.5) is 5.69 Å². The maximum absolute atomic E-state index is 5.80. The third kappa shape index (κ3) is 2.90. The van der Waals surface area contributed by atoms with Crippen molar-refractivity contribution in [3.8, 4) is 5.88 Å². The summed E-state index contributed by atoms with van der Waals surface area (Å²) in [7, 11) is 0. The fraction of sp³-hybridized carbons (Fsp3) is 0.643. The quantitative estimate of drug-likeness (QED) is 0.850. The maximum atomic E-state index is 5.80. The molecule has 1 aliphatic carbocycles. The SMILES string of the molecule is CCCC1(COc2ccc(N)cn2)CC(C)C1. The van der Waals surface area contributed by atoms with Crippen LogP contribution < -0.4 is 10.5 Å². The van der Waals surface area contributed by atoms with Crippen molar-refractivity contribution in [1.82, 2.24) is 4.98 Å². The van der Waals surface area contributed by atoms with E-state index in [1.165, 1.54) is 25.7 Å². The van der Waals surface area contributed by atoms with Crippen LogP contribution in [0.15, 0.2) is 18.3 Å². The highest BCUT2D eigenvalue weighted by molar-refractivity contribution is 5.35. The first-order chi connectivity index (χ1) is 8.13. The molecule has 0 saturated heterocycles. The Morgan fingerprint density at radius 3 is 2.76 bits per heavy atom. The van der Waals surface area contributed by atoms with Gasteiger partial charge in [-0.05, 0) is 31.2 Å². The van der Waals surface area contributed by atoms with Gasteiger partial charge in [0.05, 0.1) is 18.5 Å². The molecular weight excluding hydrogens is 212 g/mol. The molecule has 94 valence electrons. The fourth-order valence-electron chi connectivity index (χ4n) is 3.05. The van der Waals surface area contributed by atoms with Crippen LogP contribution in [0.3, 0.4) is 0 Å². The number of hydrogen-bond acceptors (Lipinski definition) is 3. The number of rotatable bonds is 5. The lowest BCUT2D eigenvalue weighted by Gasteiger charge is -2.46. The van der Waals surface area contributed by atoms with Crippen LogP contribution in [-0.2, 0) is 0 Å². The largest absolute Gasteiger partial charge is 0.477 e. The van der Waals surface area contributed by atoms with Gasteiger partial charge in [0.2, 0.25) is 5.88 Å². The minimum atomic E-state index is 0.400. The molecule has 0 bridgehead atoms. The average molecular weight is 234 g/mol. The van der Waals surface area contributed by atoms with Gasteiger partial charge in [0.25, 0.3) is 0 Å². The van der Waals surface area contributed by atoms with Crippen molar-refractivity contribution in [2.75, 3.05) is 12.3 Å². The first-order valence-corrected chi connectivity index (χ1v) is 6.48. The van der Waals surface area contributed by atoms with Crippen molar-refractivity contribution in [1.29, 1.82) is 0 Å². The van der Waals surface area contributed by atoms with Gasteiger partial charge < -0.3 is 10.5 Å². The van der Waals surface area contributed by atoms with Crippen LogP contribution in [0.2, 0.25) is 0 Å². The van der Waals surface area contributed by atoms with E-state index in [9.17, 15) is 0 Å². The number of pyridine rings is 1. The van der Waals surface area contributed by atoms with Gasteiger partial charge in [0, 0.05) is 11.5 Å². The predicted octanol–water partition coefficient (Wildman–Crippen LogP) is 3.26. The van der Waals surface area contributed by atoms with Crippen molar-refractivity contribution in [3.63, 3.8) is 0 Å².